The van der Waals surface area contributed by atoms with Gasteiger partial charge in [0, 0.05) is 6.04 Å². The number of rotatable bonds is 7. The van der Waals surface area contributed by atoms with Gasteiger partial charge in [-0.15, -0.1) is 0 Å². The number of nitrogens with one attached hydrogen (secondary N) is 1. The van der Waals surface area contributed by atoms with Crippen molar-refractivity contribution in [2.45, 2.75) is 32.7 Å². The molecule has 0 aliphatic heterocycles. The summed E-state index contributed by atoms with van der Waals surface area (Å²) < 4.78 is 31.2. The molecule has 0 saturated carbocycles. The van der Waals surface area contributed by atoms with Gasteiger partial charge in [-0.3, -0.25) is 0 Å². The normalized spacial score (nSPS) is 13.3. The number of sulfonamides is 1. The Balaban J connectivity index is 2.67. The van der Waals surface area contributed by atoms with Crippen LogP contribution in [-0.4, -0.2) is 27.3 Å². The van der Waals surface area contributed by atoms with E-state index in [1.165, 1.54) is 0 Å². The van der Waals surface area contributed by atoms with Crippen LogP contribution >= 0.6 is 0 Å². The Morgan fingerprint density at radius 3 is 2.61 bits per heavy atom. The first-order chi connectivity index (χ1) is 8.48. The molecule has 1 rings (SSSR count). The van der Waals surface area contributed by atoms with Crippen molar-refractivity contribution in [3.8, 4) is 5.75 Å². The summed E-state index contributed by atoms with van der Waals surface area (Å²) in [6, 6.07) is 7.50. The maximum atomic E-state index is 11.6. The standard InChI is InChI=1S/C13H21NO3S/c1-4-9-18(15,16)14-11(2)10-12-7-5-6-8-13(12)17-3/h5-8,11,14H,4,9-10H2,1-3H3. The largest absolute Gasteiger partial charge is 0.496 e. The molecule has 5 heteroatoms. The predicted molar refractivity (Wildman–Crippen MR) is 73.4 cm³/mol. The summed E-state index contributed by atoms with van der Waals surface area (Å²) in [6.07, 6.45) is 1.24. The fraction of sp³-hybridized carbons (Fsp3) is 0.538. The Kier molecular flexibility index (Phi) is 5.62. The van der Waals surface area contributed by atoms with Crippen molar-refractivity contribution in [3.05, 3.63) is 29.8 Å². The summed E-state index contributed by atoms with van der Waals surface area (Å²) in [6.45, 7) is 3.71. The van der Waals surface area contributed by atoms with E-state index in [1.807, 2.05) is 38.1 Å². The Hall–Kier alpha value is -1.07. The average molecular weight is 271 g/mol. The van der Waals surface area contributed by atoms with E-state index in [0.29, 0.717) is 12.8 Å². The summed E-state index contributed by atoms with van der Waals surface area (Å²) in [5, 5.41) is 0. The molecule has 4 nitrogen and oxygen atoms in total. The van der Waals surface area contributed by atoms with Crippen molar-refractivity contribution in [1.29, 1.82) is 0 Å². The van der Waals surface area contributed by atoms with Crippen LogP contribution in [0.15, 0.2) is 24.3 Å². The van der Waals surface area contributed by atoms with Crippen molar-refractivity contribution in [2.24, 2.45) is 0 Å². The van der Waals surface area contributed by atoms with E-state index >= 15 is 0 Å². The number of hydrogen-bond donors (Lipinski definition) is 1. The minimum Gasteiger partial charge on any atom is -0.496 e. The second kappa shape index (κ2) is 6.75. The molecule has 0 aliphatic rings. The molecule has 1 aromatic carbocycles. The van der Waals surface area contributed by atoms with Crippen LogP contribution in [0, 0.1) is 0 Å². The fourth-order valence-corrected chi connectivity index (χ4v) is 3.23. The van der Waals surface area contributed by atoms with Gasteiger partial charge >= 0.3 is 0 Å². The van der Waals surface area contributed by atoms with Crippen LogP contribution in [0.3, 0.4) is 0 Å². The molecular weight excluding hydrogens is 250 g/mol. The van der Waals surface area contributed by atoms with Crippen molar-refractivity contribution >= 4 is 10.0 Å². The van der Waals surface area contributed by atoms with Crippen molar-refractivity contribution in [1.82, 2.24) is 4.72 Å². The summed E-state index contributed by atoms with van der Waals surface area (Å²) in [5.74, 6) is 0.961. The monoisotopic (exact) mass is 271 g/mol. The molecular formula is C13H21NO3S. The lowest BCUT2D eigenvalue weighted by Gasteiger charge is -2.15. The molecule has 0 saturated heterocycles. The third kappa shape index (κ3) is 4.66. The van der Waals surface area contributed by atoms with Gasteiger partial charge in [-0.2, -0.15) is 0 Å². The van der Waals surface area contributed by atoms with E-state index in [2.05, 4.69) is 4.72 Å². The van der Waals surface area contributed by atoms with E-state index in [4.69, 9.17) is 4.74 Å². The molecule has 102 valence electrons. The molecule has 0 amide bonds. The van der Waals surface area contributed by atoms with Crippen LogP contribution in [0.5, 0.6) is 5.75 Å². The number of hydrogen-bond acceptors (Lipinski definition) is 3. The predicted octanol–water partition coefficient (Wildman–Crippen LogP) is 1.96. The summed E-state index contributed by atoms with van der Waals surface area (Å²) in [7, 11) is -1.55. The van der Waals surface area contributed by atoms with Gasteiger partial charge in [-0.05, 0) is 31.4 Å². The molecule has 1 N–H and O–H groups in total. The second-order valence-electron chi connectivity index (χ2n) is 4.35. The molecule has 0 aliphatic carbocycles. The highest BCUT2D eigenvalue weighted by atomic mass is 32.2. The van der Waals surface area contributed by atoms with Gasteiger partial charge in [-0.1, -0.05) is 25.1 Å². The average Bonchev–Trinajstić information content (AvgIpc) is 2.28. The van der Waals surface area contributed by atoms with Gasteiger partial charge in [0.15, 0.2) is 0 Å². The zero-order valence-corrected chi connectivity index (χ0v) is 12.0. The minimum atomic E-state index is -3.16. The van der Waals surface area contributed by atoms with E-state index < -0.39 is 10.0 Å². The maximum absolute atomic E-state index is 11.6. The summed E-state index contributed by atoms with van der Waals surface area (Å²) in [4.78, 5) is 0. The van der Waals surface area contributed by atoms with Gasteiger partial charge in [0.05, 0.1) is 12.9 Å². The number of benzene rings is 1. The fourth-order valence-electron chi connectivity index (χ4n) is 1.88. The second-order valence-corrected chi connectivity index (χ2v) is 6.23. The smallest absolute Gasteiger partial charge is 0.211 e. The lowest BCUT2D eigenvalue weighted by molar-refractivity contribution is 0.407. The Labute approximate surface area is 109 Å². The summed E-state index contributed by atoms with van der Waals surface area (Å²) >= 11 is 0. The Bertz CT molecular complexity index is 471. The number of para-hydroxylation sites is 1. The first kappa shape index (κ1) is 15.0. The highest BCUT2D eigenvalue weighted by Gasteiger charge is 2.15. The van der Waals surface area contributed by atoms with Gasteiger partial charge in [0.1, 0.15) is 5.75 Å². The van der Waals surface area contributed by atoms with Crippen LogP contribution in [0.25, 0.3) is 0 Å². The van der Waals surface area contributed by atoms with Crippen LogP contribution in [0.1, 0.15) is 25.8 Å². The highest BCUT2D eigenvalue weighted by molar-refractivity contribution is 7.89. The number of methoxy groups -OCH3 is 1. The molecule has 0 fully saturated rings. The van der Waals surface area contributed by atoms with E-state index in [0.717, 1.165) is 11.3 Å². The van der Waals surface area contributed by atoms with E-state index in [-0.39, 0.29) is 11.8 Å². The first-order valence-electron chi connectivity index (χ1n) is 6.10. The van der Waals surface area contributed by atoms with Gasteiger partial charge < -0.3 is 4.74 Å². The van der Waals surface area contributed by atoms with Crippen LogP contribution in [-0.2, 0) is 16.4 Å². The SMILES string of the molecule is CCCS(=O)(=O)NC(C)Cc1ccccc1OC. The summed E-state index contributed by atoms with van der Waals surface area (Å²) in [5.41, 5.74) is 1.01. The van der Waals surface area contributed by atoms with Crippen molar-refractivity contribution < 1.29 is 13.2 Å². The number of ether oxygens (including phenoxy) is 1. The molecule has 0 bridgehead atoms. The molecule has 0 radical (unpaired) electrons. The molecule has 18 heavy (non-hydrogen) atoms. The first-order valence-corrected chi connectivity index (χ1v) is 7.75. The zero-order valence-electron chi connectivity index (χ0n) is 11.1. The van der Waals surface area contributed by atoms with Crippen LogP contribution < -0.4 is 9.46 Å². The van der Waals surface area contributed by atoms with Gasteiger partial charge in [0.25, 0.3) is 0 Å². The van der Waals surface area contributed by atoms with Gasteiger partial charge in [0.2, 0.25) is 10.0 Å². The zero-order chi connectivity index (χ0) is 13.6. The topological polar surface area (TPSA) is 55.4 Å². The quantitative estimate of drug-likeness (QED) is 0.824. The van der Waals surface area contributed by atoms with Crippen molar-refractivity contribution in [2.75, 3.05) is 12.9 Å². The molecule has 0 heterocycles. The Morgan fingerprint density at radius 1 is 1.33 bits per heavy atom. The van der Waals surface area contributed by atoms with Crippen LogP contribution in [0.2, 0.25) is 0 Å². The lowest BCUT2D eigenvalue weighted by Crippen LogP contribution is -2.35. The van der Waals surface area contributed by atoms with E-state index in [1.54, 1.807) is 7.11 Å². The third-order valence-corrected chi connectivity index (χ3v) is 4.28. The van der Waals surface area contributed by atoms with Gasteiger partial charge in [-0.25, -0.2) is 13.1 Å². The molecule has 0 aromatic heterocycles. The highest BCUT2D eigenvalue weighted by Crippen LogP contribution is 2.18. The third-order valence-electron chi connectivity index (χ3n) is 2.57. The molecule has 1 aromatic rings. The van der Waals surface area contributed by atoms with Crippen molar-refractivity contribution in [3.63, 3.8) is 0 Å². The molecule has 0 spiro atoms. The lowest BCUT2D eigenvalue weighted by atomic mass is 10.1. The minimum absolute atomic E-state index is 0.141. The van der Waals surface area contributed by atoms with Crippen LogP contribution in [0.4, 0.5) is 0 Å². The maximum Gasteiger partial charge on any atom is 0.211 e. The van der Waals surface area contributed by atoms with E-state index in [9.17, 15) is 8.42 Å². The molecule has 1 atom stereocenters. The molecule has 1 unspecified atom stereocenters. The Morgan fingerprint density at radius 2 is 2.00 bits per heavy atom.